The predicted octanol–water partition coefficient (Wildman–Crippen LogP) is 4.72. The summed E-state index contributed by atoms with van der Waals surface area (Å²) < 4.78 is 42.6. The number of likely N-dealkylation sites (tertiary alicyclic amines) is 1. The molecule has 3 aromatic rings. The third-order valence-electron chi connectivity index (χ3n) is 8.32. The summed E-state index contributed by atoms with van der Waals surface area (Å²) in [6.07, 6.45) is -1.19. The smallest absolute Gasteiger partial charge is 0.368 e. The van der Waals surface area contributed by atoms with Crippen molar-refractivity contribution in [1.29, 1.82) is 0 Å². The lowest BCUT2D eigenvalue weighted by Crippen LogP contribution is -2.53. The zero-order valence-electron chi connectivity index (χ0n) is 24.3. The van der Waals surface area contributed by atoms with Crippen LogP contribution in [0.15, 0.2) is 67.4 Å². The molecule has 2 fully saturated rings. The summed E-state index contributed by atoms with van der Waals surface area (Å²) in [7, 11) is 1.95. The number of hydrogen-bond acceptors (Lipinski definition) is 7. The van der Waals surface area contributed by atoms with Crippen LogP contribution in [0, 0.1) is 0 Å². The number of fused-ring (bicyclic) bond motifs is 1. The Morgan fingerprint density at radius 3 is 2.52 bits per heavy atom. The van der Waals surface area contributed by atoms with E-state index in [4.69, 9.17) is 0 Å². The number of likely N-dealkylation sites (N-methyl/N-ethyl adjacent to an activating group) is 1. The van der Waals surface area contributed by atoms with Crippen molar-refractivity contribution >= 4 is 40.8 Å². The van der Waals surface area contributed by atoms with E-state index in [0.717, 1.165) is 6.07 Å². The number of anilines is 5. The normalized spacial score (nSPS) is 19.3. The number of para-hydroxylation sites is 1. The predicted molar refractivity (Wildman–Crippen MR) is 162 cm³/mol. The molecule has 0 saturated carbocycles. The first-order valence-electron chi connectivity index (χ1n) is 14.5. The molecule has 1 aromatic heterocycles. The lowest BCUT2D eigenvalue weighted by Gasteiger charge is -2.39. The summed E-state index contributed by atoms with van der Waals surface area (Å²) in [5.41, 5.74) is 0.957. The number of hydrogen-bond donors (Lipinski definition) is 1. The Balaban J connectivity index is 1.32. The fourth-order valence-corrected chi connectivity index (χ4v) is 5.95. The van der Waals surface area contributed by atoms with E-state index in [1.165, 1.54) is 12.1 Å². The van der Waals surface area contributed by atoms with Crippen molar-refractivity contribution in [2.75, 3.05) is 66.3 Å². The monoisotopic (exact) mass is 606 g/mol. The van der Waals surface area contributed by atoms with Crippen LogP contribution in [-0.2, 0) is 17.5 Å². The molecule has 230 valence electrons. The molecule has 3 amide bonds. The first kappa shape index (κ1) is 29.4. The Labute approximate surface area is 253 Å². The van der Waals surface area contributed by atoms with Crippen LogP contribution in [-0.4, -0.2) is 84.1 Å². The Morgan fingerprint density at radius 2 is 1.82 bits per heavy atom. The summed E-state index contributed by atoms with van der Waals surface area (Å²) in [6, 6.07) is 12.7. The molecular formula is C31H33F3N8O2. The maximum atomic E-state index is 14.2. The van der Waals surface area contributed by atoms with Crippen molar-refractivity contribution in [1.82, 2.24) is 19.8 Å². The summed E-state index contributed by atoms with van der Waals surface area (Å²) in [5, 5.41) is 2.93. The van der Waals surface area contributed by atoms with E-state index in [0.29, 0.717) is 62.8 Å². The number of urea groups is 1. The molecule has 6 rings (SSSR count). The number of amides is 3. The van der Waals surface area contributed by atoms with Gasteiger partial charge in [0.25, 0.3) is 0 Å². The number of halogens is 3. The molecule has 13 heteroatoms. The van der Waals surface area contributed by atoms with Gasteiger partial charge in [-0.15, -0.1) is 0 Å². The van der Waals surface area contributed by atoms with Gasteiger partial charge in [-0.3, -0.25) is 14.6 Å². The highest BCUT2D eigenvalue weighted by Crippen LogP contribution is 2.40. The minimum Gasteiger partial charge on any atom is -0.368 e. The Hall–Kier alpha value is -4.65. The standard InChI is InChI=1S/C31H33F3N8O2/c1-3-27(43)40-12-11-24(20-40)42-28-21(19-41(30(42)44)23-7-5-4-6-8-23)18-35-29(37-28)36-22-9-10-26(25(17-22)31(32,33)34)39-15-13-38(2)14-16-39/h3-10,17-18,24H,1,11-16,19-20H2,2H3,(H,35,36,37). The van der Waals surface area contributed by atoms with E-state index in [1.54, 1.807) is 31.9 Å². The number of alkyl halides is 3. The number of rotatable bonds is 6. The van der Waals surface area contributed by atoms with Gasteiger partial charge in [-0.25, -0.2) is 9.78 Å². The van der Waals surface area contributed by atoms with Crippen molar-refractivity contribution in [3.8, 4) is 0 Å². The molecule has 0 aliphatic carbocycles. The van der Waals surface area contributed by atoms with Gasteiger partial charge in [-0.2, -0.15) is 18.2 Å². The number of aromatic nitrogens is 2. The van der Waals surface area contributed by atoms with Crippen LogP contribution >= 0.6 is 0 Å². The third-order valence-corrected chi connectivity index (χ3v) is 8.32. The van der Waals surface area contributed by atoms with Crippen LogP contribution in [0.25, 0.3) is 0 Å². The molecule has 0 radical (unpaired) electrons. The van der Waals surface area contributed by atoms with E-state index in [-0.39, 0.29) is 41.8 Å². The highest BCUT2D eigenvalue weighted by atomic mass is 19.4. The number of carbonyl (C=O) groups is 2. The Morgan fingerprint density at radius 1 is 1.07 bits per heavy atom. The molecular weight excluding hydrogens is 573 g/mol. The molecule has 1 atom stereocenters. The van der Waals surface area contributed by atoms with Gasteiger partial charge in [0.1, 0.15) is 5.82 Å². The highest BCUT2D eigenvalue weighted by Gasteiger charge is 2.41. The van der Waals surface area contributed by atoms with Gasteiger partial charge < -0.3 is 20.0 Å². The largest absolute Gasteiger partial charge is 0.418 e. The topological polar surface area (TPSA) is 88.1 Å². The average Bonchev–Trinajstić information content (AvgIpc) is 3.51. The fraction of sp³-hybridized carbons (Fsp3) is 0.355. The number of nitrogens with zero attached hydrogens (tertiary/aromatic N) is 7. The second kappa shape index (κ2) is 11.8. The van der Waals surface area contributed by atoms with Crippen LogP contribution < -0.4 is 20.0 Å². The minimum atomic E-state index is -4.56. The molecule has 2 saturated heterocycles. The lowest BCUT2D eigenvalue weighted by molar-refractivity contribution is -0.137. The number of carbonyl (C=O) groups excluding carboxylic acids is 2. The average molecular weight is 607 g/mol. The number of nitrogens with one attached hydrogen (secondary N) is 1. The molecule has 44 heavy (non-hydrogen) atoms. The third kappa shape index (κ3) is 5.79. The van der Waals surface area contributed by atoms with Crippen LogP contribution in [0.5, 0.6) is 0 Å². The van der Waals surface area contributed by atoms with Crippen molar-refractivity contribution in [2.24, 2.45) is 0 Å². The first-order chi connectivity index (χ1) is 21.1. The quantitative estimate of drug-likeness (QED) is 0.406. The molecule has 0 spiro atoms. The first-order valence-corrected chi connectivity index (χ1v) is 14.5. The van der Waals surface area contributed by atoms with Gasteiger partial charge in [0.15, 0.2) is 0 Å². The van der Waals surface area contributed by atoms with Crippen molar-refractivity contribution < 1.29 is 22.8 Å². The van der Waals surface area contributed by atoms with Crippen LogP contribution in [0.1, 0.15) is 17.5 Å². The highest BCUT2D eigenvalue weighted by molar-refractivity contribution is 6.06. The van der Waals surface area contributed by atoms with E-state index < -0.39 is 11.7 Å². The molecule has 10 nitrogen and oxygen atoms in total. The summed E-state index contributed by atoms with van der Waals surface area (Å²) in [4.78, 5) is 44.0. The minimum absolute atomic E-state index is 0.0622. The Bertz CT molecular complexity index is 1560. The zero-order chi connectivity index (χ0) is 31.0. The Kier molecular flexibility index (Phi) is 7.89. The van der Waals surface area contributed by atoms with Crippen LogP contribution in [0.4, 0.5) is 46.8 Å². The summed E-state index contributed by atoms with van der Waals surface area (Å²) in [6.45, 7) is 6.90. The molecule has 1 unspecified atom stereocenters. The molecule has 3 aliphatic rings. The van der Waals surface area contributed by atoms with Crippen molar-refractivity contribution in [3.63, 3.8) is 0 Å². The van der Waals surface area contributed by atoms with Gasteiger partial charge in [0.05, 0.1) is 18.2 Å². The summed E-state index contributed by atoms with van der Waals surface area (Å²) >= 11 is 0. The maximum Gasteiger partial charge on any atom is 0.418 e. The second-order valence-corrected chi connectivity index (χ2v) is 11.2. The summed E-state index contributed by atoms with van der Waals surface area (Å²) in [5.74, 6) is 0.206. The second-order valence-electron chi connectivity index (χ2n) is 11.2. The van der Waals surface area contributed by atoms with Gasteiger partial charge in [0, 0.05) is 68.1 Å². The van der Waals surface area contributed by atoms with Crippen LogP contribution in [0.2, 0.25) is 0 Å². The zero-order valence-corrected chi connectivity index (χ0v) is 24.3. The van der Waals surface area contributed by atoms with Crippen LogP contribution in [0.3, 0.4) is 0 Å². The van der Waals surface area contributed by atoms with Crippen molar-refractivity contribution in [3.05, 3.63) is 78.5 Å². The van der Waals surface area contributed by atoms with Gasteiger partial charge in [-0.05, 0) is 49.9 Å². The van der Waals surface area contributed by atoms with E-state index in [1.807, 2.05) is 37.4 Å². The van der Waals surface area contributed by atoms with E-state index >= 15 is 0 Å². The number of piperazine rings is 1. The molecule has 2 aromatic carbocycles. The molecule has 1 N–H and O–H groups in total. The maximum absolute atomic E-state index is 14.2. The number of benzene rings is 2. The van der Waals surface area contributed by atoms with Gasteiger partial charge in [-0.1, -0.05) is 24.8 Å². The lowest BCUT2D eigenvalue weighted by atomic mass is 10.1. The van der Waals surface area contributed by atoms with Gasteiger partial charge in [0.2, 0.25) is 11.9 Å². The van der Waals surface area contributed by atoms with E-state index in [9.17, 15) is 22.8 Å². The molecule has 0 bridgehead atoms. The van der Waals surface area contributed by atoms with Crippen molar-refractivity contribution in [2.45, 2.75) is 25.2 Å². The fourth-order valence-electron chi connectivity index (χ4n) is 5.95. The van der Waals surface area contributed by atoms with Gasteiger partial charge >= 0.3 is 12.2 Å². The SMILES string of the molecule is C=CC(=O)N1CCC(N2C(=O)N(c3ccccc3)Cc3cnc(Nc4ccc(N5CCN(C)CC5)c(C(F)(F)F)c4)nc32)C1. The van der Waals surface area contributed by atoms with E-state index in [2.05, 4.69) is 26.8 Å². The molecule has 4 heterocycles. The molecule has 3 aliphatic heterocycles.